The van der Waals surface area contributed by atoms with Crippen molar-refractivity contribution in [3.05, 3.63) is 68.2 Å². The van der Waals surface area contributed by atoms with Crippen molar-refractivity contribution in [1.29, 1.82) is 0 Å². The van der Waals surface area contributed by atoms with Gasteiger partial charge in [-0.1, -0.05) is 23.2 Å². The number of rotatable bonds is 3. The quantitative estimate of drug-likeness (QED) is 0.628. The Morgan fingerprint density at radius 3 is 2.29 bits per heavy atom. The lowest BCUT2D eigenvalue weighted by atomic mass is 10.1. The highest BCUT2D eigenvalue weighted by Crippen LogP contribution is 2.29. The van der Waals surface area contributed by atoms with Crippen molar-refractivity contribution in [2.45, 2.75) is 0 Å². The van der Waals surface area contributed by atoms with E-state index in [1.54, 1.807) is 19.2 Å². The van der Waals surface area contributed by atoms with Crippen molar-refractivity contribution in [2.24, 2.45) is 0 Å². The van der Waals surface area contributed by atoms with E-state index in [-0.39, 0.29) is 11.6 Å². The number of non-ortho nitro benzene ring substituents is 1. The third kappa shape index (κ3) is 3.32. The number of amides is 1. The number of carbonyl (C=O) groups is 1. The van der Waals surface area contributed by atoms with Gasteiger partial charge in [0.2, 0.25) is 0 Å². The average molecular weight is 325 g/mol. The Hall–Kier alpha value is -2.11. The number of nitro benzene ring substituents is 1. The van der Waals surface area contributed by atoms with E-state index in [4.69, 9.17) is 23.2 Å². The number of nitrogens with zero attached hydrogens (tertiary/aromatic N) is 2. The van der Waals surface area contributed by atoms with Gasteiger partial charge in [0.25, 0.3) is 11.6 Å². The van der Waals surface area contributed by atoms with Crippen LogP contribution in [-0.2, 0) is 0 Å². The number of hydrogen-bond acceptors (Lipinski definition) is 3. The van der Waals surface area contributed by atoms with Crippen LogP contribution in [-0.4, -0.2) is 17.9 Å². The van der Waals surface area contributed by atoms with Crippen LogP contribution in [0.1, 0.15) is 10.4 Å². The van der Waals surface area contributed by atoms with Crippen LogP contribution in [0, 0.1) is 10.1 Å². The maximum Gasteiger partial charge on any atom is 0.269 e. The van der Waals surface area contributed by atoms with E-state index in [0.29, 0.717) is 21.3 Å². The smallest absolute Gasteiger partial charge is 0.269 e. The summed E-state index contributed by atoms with van der Waals surface area (Å²) in [6.45, 7) is 0. The predicted molar refractivity (Wildman–Crippen MR) is 82.3 cm³/mol. The van der Waals surface area contributed by atoms with Crippen LogP contribution >= 0.6 is 23.2 Å². The molecular formula is C14H10Cl2N2O3. The molecule has 0 aliphatic rings. The normalized spacial score (nSPS) is 10.2. The van der Waals surface area contributed by atoms with Crippen molar-refractivity contribution < 1.29 is 9.72 Å². The zero-order valence-corrected chi connectivity index (χ0v) is 12.4. The van der Waals surface area contributed by atoms with Crippen LogP contribution in [0.2, 0.25) is 10.0 Å². The molecular weight excluding hydrogens is 315 g/mol. The molecule has 0 unspecified atom stereocenters. The molecule has 1 amide bonds. The van der Waals surface area contributed by atoms with E-state index in [0.717, 1.165) is 0 Å². The molecule has 0 N–H and O–H groups in total. The lowest BCUT2D eigenvalue weighted by Gasteiger charge is -2.18. The molecule has 5 nitrogen and oxygen atoms in total. The first kappa shape index (κ1) is 15.3. The van der Waals surface area contributed by atoms with Gasteiger partial charge in [-0.2, -0.15) is 0 Å². The highest BCUT2D eigenvalue weighted by Gasteiger charge is 2.17. The van der Waals surface area contributed by atoms with E-state index < -0.39 is 4.92 Å². The fourth-order valence-corrected chi connectivity index (χ4v) is 2.32. The maximum absolute atomic E-state index is 12.3. The number of anilines is 1. The van der Waals surface area contributed by atoms with E-state index in [9.17, 15) is 14.9 Å². The van der Waals surface area contributed by atoms with Gasteiger partial charge in [0.15, 0.2) is 0 Å². The van der Waals surface area contributed by atoms with Gasteiger partial charge in [-0.05, 0) is 30.3 Å². The summed E-state index contributed by atoms with van der Waals surface area (Å²) in [4.78, 5) is 23.8. The second kappa shape index (κ2) is 6.11. The van der Waals surface area contributed by atoms with Crippen LogP contribution in [0.25, 0.3) is 0 Å². The highest BCUT2D eigenvalue weighted by atomic mass is 35.5. The molecule has 0 aliphatic carbocycles. The van der Waals surface area contributed by atoms with Gasteiger partial charge < -0.3 is 4.90 Å². The van der Waals surface area contributed by atoms with Gasteiger partial charge in [-0.25, -0.2) is 0 Å². The van der Waals surface area contributed by atoms with Gasteiger partial charge in [0.05, 0.1) is 15.6 Å². The molecule has 21 heavy (non-hydrogen) atoms. The van der Waals surface area contributed by atoms with Gasteiger partial charge in [-0.3, -0.25) is 14.9 Å². The minimum absolute atomic E-state index is 0.0706. The molecule has 7 heteroatoms. The molecule has 0 saturated heterocycles. The molecule has 0 aliphatic heterocycles. The van der Waals surface area contributed by atoms with Gasteiger partial charge >= 0.3 is 0 Å². The van der Waals surface area contributed by atoms with Crippen molar-refractivity contribution in [1.82, 2.24) is 0 Å². The number of nitro groups is 1. The summed E-state index contributed by atoms with van der Waals surface area (Å²) in [5, 5.41) is 11.4. The minimum atomic E-state index is -0.520. The summed E-state index contributed by atoms with van der Waals surface area (Å²) < 4.78 is 0. The molecule has 0 fully saturated rings. The summed E-state index contributed by atoms with van der Waals surface area (Å²) in [5.41, 5.74) is 0.761. The first-order valence-electron chi connectivity index (χ1n) is 5.87. The third-order valence-corrected chi connectivity index (χ3v) is 3.44. The maximum atomic E-state index is 12.3. The molecule has 0 radical (unpaired) electrons. The first-order valence-corrected chi connectivity index (χ1v) is 6.63. The summed E-state index contributed by atoms with van der Waals surface area (Å²) in [6.07, 6.45) is 0. The molecule has 0 aromatic heterocycles. The Labute approximate surface area is 130 Å². The predicted octanol–water partition coefficient (Wildman–Crippen LogP) is 4.18. The van der Waals surface area contributed by atoms with Crippen molar-refractivity contribution >= 4 is 40.5 Å². The Balaban J connectivity index is 2.28. The summed E-state index contributed by atoms with van der Waals surface area (Å²) in [7, 11) is 1.57. The van der Waals surface area contributed by atoms with Crippen LogP contribution in [0.3, 0.4) is 0 Å². The van der Waals surface area contributed by atoms with Gasteiger partial charge in [-0.15, -0.1) is 0 Å². The lowest BCUT2D eigenvalue weighted by Crippen LogP contribution is -2.26. The minimum Gasteiger partial charge on any atom is -0.310 e. The van der Waals surface area contributed by atoms with Gasteiger partial charge in [0, 0.05) is 29.8 Å². The monoisotopic (exact) mass is 324 g/mol. The van der Waals surface area contributed by atoms with Crippen LogP contribution < -0.4 is 4.90 Å². The van der Waals surface area contributed by atoms with Crippen molar-refractivity contribution in [3.63, 3.8) is 0 Å². The lowest BCUT2D eigenvalue weighted by molar-refractivity contribution is -0.384. The average Bonchev–Trinajstić information content (AvgIpc) is 2.46. The molecule has 2 aromatic rings. The van der Waals surface area contributed by atoms with Crippen molar-refractivity contribution in [2.75, 3.05) is 11.9 Å². The number of hydrogen-bond donors (Lipinski definition) is 0. The number of halogens is 2. The second-order valence-corrected chi connectivity index (χ2v) is 5.11. The highest BCUT2D eigenvalue weighted by molar-refractivity contribution is 6.37. The first-order chi connectivity index (χ1) is 9.90. The Morgan fingerprint density at radius 2 is 1.76 bits per heavy atom. The largest absolute Gasteiger partial charge is 0.310 e. The molecule has 0 atom stereocenters. The molecule has 0 heterocycles. The zero-order valence-electron chi connectivity index (χ0n) is 10.9. The second-order valence-electron chi connectivity index (χ2n) is 4.26. The summed E-state index contributed by atoms with van der Waals surface area (Å²) >= 11 is 11.9. The molecule has 0 spiro atoms. The number of benzene rings is 2. The zero-order chi connectivity index (χ0) is 15.6. The molecule has 108 valence electrons. The van der Waals surface area contributed by atoms with Crippen molar-refractivity contribution in [3.8, 4) is 0 Å². The van der Waals surface area contributed by atoms with Crippen LogP contribution in [0.15, 0.2) is 42.5 Å². The topological polar surface area (TPSA) is 63.5 Å². The summed E-state index contributed by atoms with van der Waals surface area (Å²) in [6, 6.07) is 10.2. The molecule has 2 rings (SSSR count). The Morgan fingerprint density at radius 1 is 1.14 bits per heavy atom. The van der Waals surface area contributed by atoms with Crippen LogP contribution in [0.4, 0.5) is 11.4 Å². The van der Waals surface area contributed by atoms with E-state index in [1.165, 1.54) is 35.2 Å². The molecule has 2 aromatic carbocycles. The SMILES string of the molecule is CN(C(=O)c1ccc([N+](=O)[O-])cc1)c1ccc(Cl)cc1Cl. The van der Waals surface area contributed by atoms with E-state index >= 15 is 0 Å². The Bertz CT molecular complexity index is 702. The van der Waals surface area contributed by atoms with E-state index in [2.05, 4.69) is 0 Å². The fourth-order valence-electron chi connectivity index (χ4n) is 1.78. The number of carbonyl (C=O) groups excluding carboxylic acids is 1. The molecule has 0 saturated carbocycles. The standard InChI is InChI=1S/C14H10Cl2N2O3/c1-17(13-7-4-10(15)8-12(13)16)14(19)9-2-5-11(6-3-9)18(20)21/h2-8H,1H3. The van der Waals surface area contributed by atoms with Crippen LogP contribution in [0.5, 0.6) is 0 Å². The molecule has 0 bridgehead atoms. The van der Waals surface area contributed by atoms with E-state index in [1.807, 2.05) is 0 Å². The third-order valence-electron chi connectivity index (χ3n) is 2.90. The Kier molecular flexibility index (Phi) is 4.45. The van der Waals surface area contributed by atoms with Gasteiger partial charge in [0.1, 0.15) is 0 Å². The fraction of sp³-hybridized carbons (Fsp3) is 0.0714. The summed E-state index contributed by atoms with van der Waals surface area (Å²) in [5.74, 6) is -0.325.